The van der Waals surface area contributed by atoms with Gasteiger partial charge in [0, 0.05) is 55.3 Å². The van der Waals surface area contributed by atoms with Gasteiger partial charge in [-0.3, -0.25) is 0 Å². The van der Waals surface area contributed by atoms with Crippen LogP contribution < -0.4 is 30.5 Å². The Bertz CT molecular complexity index is 3460. The molecule has 71 heavy (non-hydrogen) atoms. The number of aromatic nitrogens is 2. The summed E-state index contributed by atoms with van der Waals surface area (Å²) in [6.07, 6.45) is 1.96. The molecule has 10 aromatic rings. The quantitative estimate of drug-likeness (QED) is 0.0818. The number of anilines is 4. The summed E-state index contributed by atoms with van der Waals surface area (Å²) in [5.74, 6) is 0.872. The molecule has 0 bridgehead atoms. The summed E-state index contributed by atoms with van der Waals surface area (Å²) in [4.78, 5) is 9.82. The molecule has 1 aliphatic rings. The summed E-state index contributed by atoms with van der Waals surface area (Å²) in [5, 5.41) is 7.14. The predicted molar refractivity (Wildman–Crippen MR) is 297 cm³/mol. The third kappa shape index (κ3) is 8.37. The van der Waals surface area contributed by atoms with Crippen LogP contribution in [0.3, 0.4) is 0 Å². The smallest absolute Gasteiger partial charge is 0.135 e. The van der Waals surface area contributed by atoms with Crippen LogP contribution in [0.5, 0.6) is 0 Å². The van der Waals surface area contributed by atoms with Gasteiger partial charge < -0.3 is 14.4 Å². The van der Waals surface area contributed by atoms with Crippen LogP contribution in [0.1, 0.15) is 77.6 Å². The molecule has 2 aromatic heterocycles. The Morgan fingerprint density at radius 2 is 1.03 bits per heavy atom. The second-order valence-electron chi connectivity index (χ2n) is 21.4. The van der Waals surface area contributed by atoms with Crippen molar-refractivity contribution in [1.29, 1.82) is 0 Å². The summed E-state index contributed by atoms with van der Waals surface area (Å²) in [7, 11) is -3.19. The maximum Gasteiger partial charge on any atom is 0.135 e. The third-order valence-electron chi connectivity index (χ3n) is 14.6. The van der Waals surface area contributed by atoms with E-state index in [0.29, 0.717) is 0 Å². The molecule has 0 atom stereocenters. The van der Waals surface area contributed by atoms with E-state index in [1.54, 1.807) is 0 Å². The first-order valence-corrected chi connectivity index (χ1v) is 26.5. The monoisotopic (exact) mass is 1120 g/mol. The van der Waals surface area contributed by atoms with Crippen molar-refractivity contribution in [1.82, 2.24) is 9.55 Å². The van der Waals surface area contributed by atoms with Crippen molar-refractivity contribution in [3.05, 3.63) is 247 Å². The zero-order valence-electron chi connectivity index (χ0n) is 41.8. The number of nitrogens with zero attached hydrogens (tertiary/aromatic N) is 4. The van der Waals surface area contributed by atoms with Crippen molar-refractivity contribution < 1.29 is 21.1 Å². The van der Waals surface area contributed by atoms with E-state index >= 15 is 0 Å². The van der Waals surface area contributed by atoms with Gasteiger partial charge in [-0.25, -0.2) is 4.98 Å². The topological polar surface area (TPSA) is 24.3 Å². The molecule has 0 saturated heterocycles. The van der Waals surface area contributed by atoms with E-state index in [9.17, 15) is 0 Å². The van der Waals surface area contributed by atoms with Crippen LogP contribution in [0, 0.1) is 18.8 Å². The van der Waals surface area contributed by atoms with Crippen LogP contribution in [-0.2, 0) is 37.3 Å². The van der Waals surface area contributed by atoms with Gasteiger partial charge in [0.1, 0.15) is 13.9 Å². The van der Waals surface area contributed by atoms with E-state index in [1.165, 1.54) is 38.0 Å². The fourth-order valence-corrected chi connectivity index (χ4v) is 15.1. The van der Waals surface area contributed by atoms with Crippen LogP contribution in [0.25, 0.3) is 27.6 Å². The average molecular weight is 1120 g/mol. The molecular formula is C65H59N4PtSi-3. The van der Waals surface area contributed by atoms with Gasteiger partial charge in [0.2, 0.25) is 0 Å². The zero-order valence-corrected chi connectivity index (χ0v) is 45.1. The number of pyridine rings is 1. The zero-order chi connectivity index (χ0) is 48.4. The van der Waals surface area contributed by atoms with Crippen LogP contribution in [0.2, 0.25) is 0 Å². The molecule has 0 spiro atoms. The van der Waals surface area contributed by atoms with E-state index in [4.69, 9.17) is 4.98 Å². The number of para-hydroxylation sites is 3. The fourth-order valence-electron chi connectivity index (χ4n) is 10.6. The summed E-state index contributed by atoms with van der Waals surface area (Å²) in [5.41, 5.74) is 11.3. The van der Waals surface area contributed by atoms with Crippen molar-refractivity contribution in [2.24, 2.45) is 0 Å². The largest absolute Gasteiger partial charge is 0.493 e. The molecule has 6 heteroatoms. The van der Waals surface area contributed by atoms with Crippen molar-refractivity contribution in [3.63, 3.8) is 0 Å². The minimum atomic E-state index is -3.19. The fraction of sp³-hybridized carbons (Fsp3) is 0.169. The first-order chi connectivity index (χ1) is 33.7. The Morgan fingerprint density at radius 3 is 1.66 bits per heavy atom. The Hall–Kier alpha value is -6.78. The molecule has 0 aliphatic carbocycles. The first-order valence-electron chi connectivity index (χ1n) is 24.5. The van der Waals surface area contributed by atoms with Gasteiger partial charge >= 0.3 is 0 Å². The SMILES string of the molecule is CC(C)(C)c1cc(N2[CH-]N(c3[c-]c([Si](c4[c-]c5c(cc4)c4ccccc4n5-c4cc(C(C)(C)c5ccccc5)ccn4)(c4ccccc4)c4ccccc4)ccc3)c3ccccc32)cc(C(C)(C)C)c1.[Pt]. The molecular weight excluding hydrogens is 1060 g/mol. The second-order valence-corrected chi connectivity index (χ2v) is 25.2. The maximum atomic E-state index is 5.13. The summed E-state index contributed by atoms with van der Waals surface area (Å²) in [6.45, 7) is 20.7. The molecule has 8 aromatic carbocycles. The Kier molecular flexibility index (Phi) is 12.4. The summed E-state index contributed by atoms with van der Waals surface area (Å²) in [6, 6.07) is 81.8. The normalized spacial score (nSPS) is 13.1. The first kappa shape index (κ1) is 47.9. The van der Waals surface area contributed by atoms with Gasteiger partial charge in [-0.05, 0) is 91.3 Å². The second kappa shape index (κ2) is 18.4. The minimum absolute atomic E-state index is 0. The molecule has 0 amide bonds. The van der Waals surface area contributed by atoms with Crippen molar-refractivity contribution >= 4 is 73.4 Å². The molecule has 0 radical (unpaired) electrons. The number of rotatable bonds is 9. The van der Waals surface area contributed by atoms with Gasteiger partial charge in [0.25, 0.3) is 0 Å². The van der Waals surface area contributed by atoms with Gasteiger partial charge in [-0.15, -0.1) is 17.7 Å². The van der Waals surface area contributed by atoms with Crippen LogP contribution in [0.15, 0.2) is 206 Å². The molecule has 0 N–H and O–H groups in total. The number of benzene rings is 8. The van der Waals surface area contributed by atoms with Gasteiger partial charge in [-0.2, -0.15) is 52.8 Å². The summed E-state index contributed by atoms with van der Waals surface area (Å²) >= 11 is 0. The van der Waals surface area contributed by atoms with Crippen molar-refractivity contribution in [2.75, 3.05) is 9.80 Å². The van der Waals surface area contributed by atoms with E-state index in [0.717, 1.165) is 55.4 Å². The molecule has 1 aliphatic heterocycles. The summed E-state index contributed by atoms with van der Waals surface area (Å²) < 4.78 is 2.33. The van der Waals surface area contributed by atoms with Crippen LogP contribution in [-0.4, -0.2) is 17.6 Å². The van der Waals surface area contributed by atoms with Gasteiger partial charge in [-0.1, -0.05) is 188 Å². The van der Waals surface area contributed by atoms with E-state index in [2.05, 4.69) is 289 Å². The van der Waals surface area contributed by atoms with Gasteiger partial charge in [0.15, 0.2) is 0 Å². The van der Waals surface area contributed by atoms with Crippen molar-refractivity contribution in [3.8, 4) is 5.82 Å². The Morgan fingerprint density at radius 1 is 0.465 bits per heavy atom. The predicted octanol–water partition coefficient (Wildman–Crippen LogP) is 13.5. The molecule has 11 rings (SSSR count). The molecule has 3 heterocycles. The maximum absolute atomic E-state index is 5.13. The Balaban J connectivity index is 0.00000582. The minimum Gasteiger partial charge on any atom is -0.493 e. The third-order valence-corrected chi connectivity index (χ3v) is 19.2. The number of hydrogen-bond donors (Lipinski definition) is 0. The average Bonchev–Trinajstić information content (AvgIpc) is 3.93. The van der Waals surface area contributed by atoms with Gasteiger partial charge in [0.05, 0.1) is 0 Å². The molecule has 356 valence electrons. The number of fused-ring (bicyclic) bond motifs is 4. The van der Waals surface area contributed by atoms with Crippen LogP contribution >= 0.6 is 0 Å². The molecule has 0 fully saturated rings. The molecule has 0 unspecified atom stereocenters. The van der Waals surface area contributed by atoms with Crippen molar-refractivity contribution in [2.45, 2.75) is 71.6 Å². The Labute approximate surface area is 435 Å². The van der Waals surface area contributed by atoms with Crippen LogP contribution in [0.4, 0.5) is 22.7 Å². The van der Waals surface area contributed by atoms with E-state index in [-0.39, 0.29) is 37.3 Å². The number of hydrogen-bond acceptors (Lipinski definition) is 3. The molecule has 4 nitrogen and oxygen atoms in total. The van der Waals surface area contributed by atoms with E-state index in [1.807, 2.05) is 6.20 Å². The van der Waals surface area contributed by atoms with E-state index < -0.39 is 8.07 Å². The standard InChI is InChI=1S/C65H59N4Si.Pt/c1-63(2,3)48-39-49(64(4,5)6)41-51(40-48)68-45-67(59-33-20-21-34-60(59)68)50-25-22-30-54(43-50)70(52-26-14-10-15-27-52,53-28-16-11-17-29-53)55-35-36-57-56-31-18-19-32-58(56)69(61(57)44-55)62-42-47(37-38-66-62)65(7,8)46-23-12-9-13-24-46;/h9-42,45H,1-8H3;/q-3;. The molecule has 0 saturated carbocycles.